The van der Waals surface area contributed by atoms with Gasteiger partial charge in [0.2, 0.25) is 0 Å². The third-order valence-electron chi connectivity index (χ3n) is 2.24. The van der Waals surface area contributed by atoms with Crippen LogP contribution in [0.2, 0.25) is 0 Å². The van der Waals surface area contributed by atoms with Gasteiger partial charge in [0.25, 0.3) is 5.91 Å². The van der Waals surface area contributed by atoms with E-state index >= 15 is 0 Å². The fraction of sp³-hybridized carbons (Fsp3) is 0.250. The highest BCUT2D eigenvalue weighted by Gasteiger charge is 2.21. The van der Waals surface area contributed by atoms with E-state index in [9.17, 15) is 19.5 Å². The number of amides is 3. The van der Waals surface area contributed by atoms with Gasteiger partial charge in [0, 0.05) is 7.05 Å². The van der Waals surface area contributed by atoms with Crippen LogP contribution in [0.25, 0.3) is 0 Å². The molecule has 7 nitrogen and oxygen atoms in total. The van der Waals surface area contributed by atoms with Crippen molar-refractivity contribution in [3.63, 3.8) is 0 Å². The van der Waals surface area contributed by atoms with Gasteiger partial charge in [-0.05, 0) is 19.1 Å². The molecule has 0 heterocycles. The number of nitrogens with one attached hydrogen (secondary N) is 2. The van der Waals surface area contributed by atoms with Crippen molar-refractivity contribution in [3.05, 3.63) is 29.8 Å². The van der Waals surface area contributed by atoms with Crippen LogP contribution in [0, 0.1) is 0 Å². The van der Waals surface area contributed by atoms with Gasteiger partial charge >= 0.3 is 12.0 Å². The number of ether oxygens (including phenoxy) is 1. The summed E-state index contributed by atoms with van der Waals surface area (Å²) in [5.74, 6) is -1.85. The quantitative estimate of drug-likeness (QED) is 0.686. The lowest BCUT2D eigenvalue weighted by Crippen LogP contribution is -2.43. The van der Waals surface area contributed by atoms with Gasteiger partial charge in [0.05, 0.1) is 0 Å². The summed E-state index contributed by atoms with van der Waals surface area (Å²) in [7, 11) is 1.35. The number of urea groups is 1. The minimum absolute atomic E-state index is 0.0536. The molecule has 0 unspecified atom stereocenters. The molecular formula is C12H14N2O5. The van der Waals surface area contributed by atoms with Crippen molar-refractivity contribution in [2.75, 3.05) is 7.05 Å². The molecule has 0 bridgehead atoms. The fourth-order valence-corrected chi connectivity index (χ4v) is 1.20. The van der Waals surface area contributed by atoms with Crippen molar-refractivity contribution in [2.24, 2.45) is 0 Å². The Morgan fingerprint density at radius 3 is 2.47 bits per heavy atom. The van der Waals surface area contributed by atoms with Crippen LogP contribution in [-0.2, 0) is 9.53 Å². The first kappa shape index (κ1) is 14.5. The summed E-state index contributed by atoms with van der Waals surface area (Å²) in [6, 6.07) is 5.09. The highest BCUT2D eigenvalue weighted by Crippen LogP contribution is 2.17. The standard InChI is InChI=1S/C12H14N2O5/c1-7(10(16)14-12(18)13-2)19-11(17)8-5-3-4-6-9(8)15/h3-7,15H,1-2H3,(H2,13,14,16,18)/t7-/m0/s1. The topological polar surface area (TPSA) is 105 Å². The van der Waals surface area contributed by atoms with E-state index in [-0.39, 0.29) is 11.3 Å². The molecule has 102 valence electrons. The van der Waals surface area contributed by atoms with E-state index in [0.717, 1.165) is 0 Å². The molecule has 1 aromatic rings. The number of esters is 1. The summed E-state index contributed by atoms with van der Waals surface area (Å²) in [4.78, 5) is 34.0. The lowest BCUT2D eigenvalue weighted by molar-refractivity contribution is -0.127. The maximum absolute atomic E-state index is 11.7. The second-order valence-corrected chi connectivity index (χ2v) is 3.63. The molecule has 0 fully saturated rings. The zero-order valence-electron chi connectivity index (χ0n) is 10.5. The Bertz CT molecular complexity index is 501. The minimum Gasteiger partial charge on any atom is -0.507 e. The predicted molar refractivity (Wildman–Crippen MR) is 65.6 cm³/mol. The summed E-state index contributed by atoms with van der Waals surface area (Å²) in [6.45, 7) is 1.32. The molecule has 0 saturated heterocycles. The Morgan fingerprint density at radius 1 is 1.26 bits per heavy atom. The van der Waals surface area contributed by atoms with Crippen molar-refractivity contribution >= 4 is 17.9 Å². The average molecular weight is 266 g/mol. The van der Waals surface area contributed by atoms with E-state index in [1.54, 1.807) is 12.1 Å². The van der Waals surface area contributed by atoms with Gasteiger partial charge in [-0.25, -0.2) is 9.59 Å². The number of rotatable bonds is 3. The number of para-hydroxylation sites is 1. The number of carbonyl (C=O) groups is 3. The van der Waals surface area contributed by atoms with Gasteiger partial charge < -0.3 is 15.2 Å². The lowest BCUT2D eigenvalue weighted by atomic mass is 10.2. The van der Waals surface area contributed by atoms with E-state index in [4.69, 9.17) is 4.74 Å². The molecule has 0 aliphatic heterocycles. The molecule has 0 radical (unpaired) electrons. The summed E-state index contributed by atoms with van der Waals surface area (Å²) >= 11 is 0. The largest absolute Gasteiger partial charge is 0.507 e. The van der Waals surface area contributed by atoms with Crippen LogP contribution in [0.1, 0.15) is 17.3 Å². The van der Waals surface area contributed by atoms with Gasteiger partial charge in [-0.15, -0.1) is 0 Å². The molecular weight excluding hydrogens is 252 g/mol. The SMILES string of the molecule is CNC(=O)NC(=O)[C@H](C)OC(=O)c1ccccc1O. The Hall–Kier alpha value is -2.57. The van der Waals surface area contributed by atoms with Crippen LogP contribution >= 0.6 is 0 Å². The third-order valence-corrected chi connectivity index (χ3v) is 2.24. The first-order chi connectivity index (χ1) is 8.95. The molecule has 0 saturated carbocycles. The van der Waals surface area contributed by atoms with Crippen LogP contribution in [0.5, 0.6) is 5.75 Å². The second-order valence-electron chi connectivity index (χ2n) is 3.63. The molecule has 3 N–H and O–H groups in total. The molecule has 19 heavy (non-hydrogen) atoms. The van der Waals surface area contributed by atoms with E-state index in [2.05, 4.69) is 5.32 Å². The van der Waals surface area contributed by atoms with Crippen LogP contribution in [0.15, 0.2) is 24.3 Å². The average Bonchev–Trinajstić information content (AvgIpc) is 2.38. The van der Waals surface area contributed by atoms with Gasteiger partial charge in [0.1, 0.15) is 11.3 Å². The van der Waals surface area contributed by atoms with E-state index < -0.39 is 24.0 Å². The summed E-state index contributed by atoms with van der Waals surface area (Å²) in [5, 5.41) is 13.6. The Balaban J connectivity index is 2.64. The zero-order valence-corrected chi connectivity index (χ0v) is 10.5. The zero-order chi connectivity index (χ0) is 14.4. The van der Waals surface area contributed by atoms with Gasteiger partial charge in [0.15, 0.2) is 6.10 Å². The molecule has 1 rings (SSSR count). The summed E-state index contributed by atoms with van der Waals surface area (Å²) in [6.07, 6.45) is -1.16. The van der Waals surface area contributed by atoms with E-state index in [0.29, 0.717) is 0 Å². The number of phenols is 1. The second kappa shape index (κ2) is 6.39. The molecule has 0 aliphatic rings. The van der Waals surface area contributed by atoms with Crippen LogP contribution in [0.3, 0.4) is 0 Å². The van der Waals surface area contributed by atoms with Gasteiger partial charge in [-0.2, -0.15) is 0 Å². The normalized spacial score (nSPS) is 11.3. The number of hydrogen-bond donors (Lipinski definition) is 3. The van der Waals surface area contributed by atoms with E-state index in [1.165, 1.54) is 26.1 Å². The molecule has 0 aliphatic carbocycles. The fourth-order valence-electron chi connectivity index (χ4n) is 1.20. The number of phenolic OH excluding ortho intramolecular Hbond substituents is 1. The molecule has 3 amide bonds. The van der Waals surface area contributed by atoms with Gasteiger partial charge in [-0.3, -0.25) is 10.1 Å². The van der Waals surface area contributed by atoms with Crippen LogP contribution in [-0.4, -0.2) is 36.2 Å². The summed E-state index contributed by atoms with van der Waals surface area (Å²) in [5.41, 5.74) is -0.0536. The van der Waals surface area contributed by atoms with Crippen LogP contribution in [0.4, 0.5) is 4.79 Å². The minimum atomic E-state index is -1.16. The maximum Gasteiger partial charge on any atom is 0.342 e. The number of carbonyl (C=O) groups excluding carboxylic acids is 3. The Kier molecular flexibility index (Phi) is 4.87. The monoisotopic (exact) mass is 266 g/mol. The van der Waals surface area contributed by atoms with Crippen LogP contribution < -0.4 is 10.6 Å². The van der Waals surface area contributed by atoms with Crippen molar-refractivity contribution in [1.29, 1.82) is 0 Å². The molecule has 7 heteroatoms. The predicted octanol–water partition coefficient (Wildman–Crippen LogP) is 0.393. The van der Waals surface area contributed by atoms with Gasteiger partial charge in [-0.1, -0.05) is 12.1 Å². The Labute approximate surface area is 109 Å². The summed E-state index contributed by atoms with van der Waals surface area (Å²) < 4.78 is 4.83. The molecule has 1 atom stereocenters. The third kappa shape index (κ3) is 3.98. The number of hydrogen-bond acceptors (Lipinski definition) is 5. The van der Waals surface area contributed by atoms with Crippen molar-refractivity contribution in [1.82, 2.24) is 10.6 Å². The number of imide groups is 1. The van der Waals surface area contributed by atoms with Crippen molar-refractivity contribution < 1.29 is 24.2 Å². The highest BCUT2D eigenvalue weighted by atomic mass is 16.5. The van der Waals surface area contributed by atoms with Crippen molar-refractivity contribution in [2.45, 2.75) is 13.0 Å². The maximum atomic E-state index is 11.7. The lowest BCUT2D eigenvalue weighted by Gasteiger charge is -2.13. The number of benzene rings is 1. The van der Waals surface area contributed by atoms with E-state index in [1.807, 2.05) is 5.32 Å². The smallest absolute Gasteiger partial charge is 0.342 e. The molecule has 0 aromatic heterocycles. The number of aromatic hydroxyl groups is 1. The highest BCUT2D eigenvalue weighted by molar-refractivity contribution is 5.99. The first-order valence-electron chi connectivity index (χ1n) is 5.47. The molecule has 0 spiro atoms. The first-order valence-corrected chi connectivity index (χ1v) is 5.47. The molecule has 1 aromatic carbocycles. The Morgan fingerprint density at radius 2 is 1.89 bits per heavy atom. The van der Waals surface area contributed by atoms with Crippen molar-refractivity contribution in [3.8, 4) is 5.75 Å².